The van der Waals surface area contributed by atoms with Crippen molar-refractivity contribution in [3.8, 4) is 0 Å². The normalized spacial score (nSPS) is 22.6. The van der Waals surface area contributed by atoms with Crippen LogP contribution in [-0.2, 0) is 14.4 Å². The summed E-state index contributed by atoms with van der Waals surface area (Å²) in [5.74, 6) is -0.365. The fourth-order valence-corrected chi connectivity index (χ4v) is 0.651. The van der Waals surface area contributed by atoms with E-state index >= 15 is 0 Å². The first-order valence-electron chi connectivity index (χ1n) is 3.00. The maximum absolute atomic E-state index is 10.7. The summed E-state index contributed by atoms with van der Waals surface area (Å²) in [5.41, 5.74) is 2.09. The van der Waals surface area contributed by atoms with Crippen LogP contribution in [0.4, 0.5) is 4.79 Å². The summed E-state index contributed by atoms with van der Waals surface area (Å²) < 4.78 is 4.27. The predicted molar refractivity (Wildman–Crippen MR) is 33.4 cm³/mol. The number of hydroxylamine groups is 1. The van der Waals surface area contributed by atoms with Gasteiger partial charge in [-0.1, -0.05) is 0 Å². The van der Waals surface area contributed by atoms with Crippen LogP contribution in [0.3, 0.4) is 0 Å². The number of rotatable bonds is 1. The van der Waals surface area contributed by atoms with Gasteiger partial charge in [-0.25, -0.2) is 10.3 Å². The number of hydrogen-bond donors (Lipinski definition) is 2. The van der Waals surface area contributed by atoms with E-state index in [9.17, 15) is 9.59 Å². The summed E-state index contributed by atoms with van der Waals surface area (Å²) in [6.45, 7) is 0.133. The Kier molecular flexibility index (Phi) is 2.27. The molecule has 1 aliphatic rings. The highest BCUT2D eigenvalue weighted by atomic mass is 16.7. The molecule has 0 aromatic rings. The molecule has 1 saturated heterocycles. The SMILES string of the molecule is COC(=O)NC1CONC1=O. The zero-order valence-electron chi connectivity index (χ0n) is 5.92. The summed E-state index contributed by atoms with van der Waals surface area (Å²) in [6.07, 6.45) is -0.643. The molecule has 0 aromatic carbocycles. The Morgan fingerprint density at radius 3 is 3.09 bits per heavy atom. The maximum Gasteiger partial charge on any atom is 0.407 e. The summed E-state index contributed by atoms with van der Waals surface area (Å²) in [5, 5.41) is 2.28. The van der Waals surface area contributed by atoms with Crippen molar-refractivity contribution < 1.29 is 19.2 Å². The highest BCUT2D eigenvalue weighted by Gasteiger charge is 2.27. The lowest BCUT2D eigenvalue weighted by Crippen LogP contribution is -2.41. The Morgan fingerprint density at radius 2 is 2.64 bits per heavy atom. The Balaban J connectivity index is 2.36. The second-order valence-corrected chi connectivity index (χ2v) is 1.97. The molecule has 11 heavy (non-hydrogen) atoms. The van der Waals surface area contributed by atoms with Crippen LogP contribution in [-0.4, -0.2) is 31.8 Å². The van der Waals surface area contributed by atoms with Gasteiger partial charge in [0.15, 0.2) is 0 Å². The molecular formula is C5H8N2O4. The predicted octanol–water partition coefficient (Wildman–Crippen LogP) is -1.23. The average Bonchev–Trinajstić information content (AvgIpc) is 2.37. The van der Waals surface area contributed by atoms with Gasteiger partial charge in [0.25, 0.3) is 5.91 Å². The Bertz CT molecular complexity index is 181. The van der Waals surface area contributed by atoms with Gasteiger partial charge < -0.3 is 10.1 Å². The van der Waals surface area contributed by atoms with Crippen LogP contribution < -0.4 is 10.8 Å². The fourth-order valence-electron chi connectivity index (χ4n) is 0.651. The molecule has 6 nitrogen and oxygen atoms in total. The molecule has 1 unspecified atom stereocenters. The van der Waals surface area contributed by atoms with E-state index < -0.39 is 12.1 Å². The van der Waals surface area contributed by atoms with E-state index in [1.165, 1.54) is 7.11 Å². The van der Waals surface area contributed by atoms with Gasteiger partial charge in [0, 0.05) is 0 Å². The minimum atomic E-state index is -0.643. The average molecular weight is 160 g/mol. The van der Waals surface area contributed by atoms with Crippen LogP contribution in [0.5, 0.6) is 0 Å². The first kappa shape index (κ1) is 7.80. The Hall–Kier alpha value is -1.30. The largest absolute Gasteiger partial charge is 0.453 e. The van der Waals surface area contributed by atoms with E-state index in [0.717, 1.165) is 0 Å². The molecule has 0 saturated carbocycles. The third-order valence-electron chi connectivity index (χ3n) is 1.22. The maximum atomic E-state index is 10.7. The topological polar surface area (TPSA) is 76.7 Å². The number of methoxy groups -OCH3 is 1. The van der Waals surface area contributed by atoms with Crippen LogP contribution in [0.15, 0.2) is 0 Å². The molecule has 0 spiro atoms. The van der Waals surface area contributed by atoms with Gasteiger partial charge in [0.05, 0.1) is 7.11 Å². The molecule has 0 bridgehead atoms. The molecule has 1 rings (SSSR count). The van der Waals surface area contributed by atoms with Crippen molar-refractivity contribution in [3.63, 3.8) is 0 Å². The van der Waals surface area contributed by atoms with Crippen LogP contribution >= 0.6 is 0 Å². The number of alkyl carbamates (subject to hydrolysis) is 1. The molecule has 62 valence electrons. The van der Waals surface area contributed by atoms with Gasteiger partial charge in [0.2, 0.25) is 0 Å². The van der Waals surface area contributed by atoms with Gasteiger partial charge in [-0.15, -0.1) is 0 Å². The molecule has 0 radical (unpaired) electrons. The van der Waals surface area contributed by atoms with E-state index in [1.807, 2.05) is 0 Å². The van der Waals surface area contributed by atoms with Gasteiger partial charge in [0.1, 0.15) is 12.6 Å². The Morgan fingerprint density at radius 1 is 1.91 bits per heavy atom. The number of carbonyl (C=O) groups is 2. The number of nitrogens with one attached hydrogen (secondary N) is 2. The highest BCUT2D eigenvalue weighted by molar-refractivity contribution is 5.86. The third-order valence-corrected chi connectivity index (χ3v) is 1.22. The van der Waals surface area contributed by atoms with Gasteiger partial charge in [-0.2, -0.15) is 0 Å². The monoisotopic (exact) mass is 160 g/mol. The molecule has 1 aliphatic heterocycles. The van der Waals surface area contributed by atoms with E-state index in [1.54, 1.807) is 0 Å². The number of hydrogen-bond acceptors (Lipinski definition) is 4. The van der Waals surface area contributed by atoms with E-state index in [-0.39, 0.29) is 12.5 Å². The first-order chi connectivity index (χ1) is 5.24. The smallest absolute Gasteiger partial charge is 0.407 e. The molecule has 2 amide bonds. The quantitative estimate of drug-likeness (QED) is 0.503. The third kappa shape index (κ3) is 1.81. The molecule has 1 heterocycles. The molecule has 1 atom stereocenters. The zero-order chi connectivity index (χ0) is 8.27. The van der Waals surface area contributed by atoms with Crippen LogP contribution in [0, 0.1) is 0 Å². The van der Waals surface area contributed by atoms with Crippen molar-refractivity contribution in [1.82, 2.24) is 10.8 Å². The van der Waals surface area contributed by atoms with Gasteiger partial charge in [-0.05, 0) is 0 Å². The van der Waals surface area contributed by atoms with Gasteiger partial charge in [-0.3, -0.25) is 9.63 Å². The first-order valence-corrected chi connectivity index (χ1v) is 3.00. The molecule has 2 N–H and O–H groups in total. The lowest BCUT2D eigenvalue weighted by Gasteiger charge is -2.05. The minimum absolute atomic E-state index is 0.133. The molecule has 0 aliphatic carbocycles. The highest BCUT2D eigenvalue weighted by Crippen LogP contribution is 1.93. The van der Waals surface area contributed by atoms with Crippen LogP contribution in [0.25, 0.3) is 0 Å². The molecule has 1 fully saturated rings. The summed E-state index contributed by atoms with van der Waals surface area (Å²) in [4.78, 5) is 25.8. The standard InChI is InChI=1S/C5H8N2O4/c1-10-5(9)6-3-2-11-7-4(3)8/h3H,2H2,1H3,(H,6,9)(H,7,8). The minimum Gasteiger partial charge on any atom is -0.453 e. The number of amides is 2. The molecule has 0 aromatic heterocycles. The zero-order valence-corrected chi connectivity index (χ0v) is 5.92. The lowest BCUT2D eigenvalue weighted by atomic mass is 10.3. The number of carbonyl (C=O) groups excluding carboxylic acids is 2. The lowest BCUT2D eigenvalue weighted by molar-refractivity contribution is -0.125. The van der Waals surface area contributed by atoms with Crippen molar-refractivity contribution in [3.05, 3.63) is 0 Å². The van der Waals surface area contributed by atoms with Crippen molar-refractivity contribution in [1.29, 1.82) is 0 Å². The molecule has 6 heteroatoms. The van der Waals surface area contributed by atoms with Gasteiger partial charge >= 0.3 is 6.09 Å². The van der Waals surface area contributed by atoms with Crippen LogP contribution in [0.2, 0.25) is 0 Å². The van der Waals surface area contributed by atoms with Crippen molar-refractivity contribution >= 4 is 12.0 Å². The number of ether oxygens (including phenoxy) is 1. The molecular weight excluding hydrogens is 152 g/mol. The fraction of sp³-hybridized carbons (Fsp3) is 0.600. The second kappa shape index (κ2) is 3.20. The van der Waals surface area contributed by atoms with E-state index in [4.69, 9.17) is 0 Å². The van der Waals surface area contributed by atoms with Crippen LogP contribution in [0.1, 0.15) is 0 Å². The van der Waals surface area contributed by atoms with Crippen molar-refractivity contribution in [2.75, 3.05) is 13.7 Å². The van der Waals surface area contributed by atoms with Crippen molar-refractivity contribution in [2.45, 2.75) is 6.04 Å². The summed E-state index contributed by atoms with van der Waals surface area (Å²) in [6, 6.07) is -0.637. The second-order valence-electron chi connectivity index (χ2n) is 1.97. The van der Waals surface area contributed by atoms with E-state index in [0.29, 0.717) is 0 Å². The van der Waals surface area contributed by atoms with E-state index in [2.05, 4.69) is 20.4 Å². The summed E-state index contributed by atoms with van der Waals surface area (Å²) in [7, 11) is 1.23. The summed E-state index contributed by atoms with van der Waals surface area (Å²) >= 11 is 0. The Labute approximate surface area is 62.8 Å². The van der Waals surface area contributed by atoms with Crippen molar-refractivity contribution in [2.24, 2.45) is 0 Å².